The van der Waals surface area contributed by atoms with Crippen LogP contribution in [0.4, 0.5) is 0 Å². The quantitative estimate of drug-likeness (QED) is 0.327. The van der Waals surface area contributed by atoms with Crippen molar-refractivity contribution in [3.8, 4) is 0 Å². The Labute approximate surface area is 117 Å². The Morgan fingerprint density at radius 3 is 0.714 bits per heavy atom. The van der Waals surface area contributed by atoms with E-state index in [1.54, 1.807) is 0 Å². The molecule has 3 heteroatoms. The summed E-state index contributed by atoms with van der Waals surface area (Å²) >= 11 is 0. The molecule has 0 spiro atoms. The Morgan fingerprint density at radius 1 is 0.333 bits per heavy atom. The van der Waals surface area contributed by atoms with E-state index >= 15 is 0 Å². The first kappa shape index (κ1) is 9.08. The van der Waals surface area contributed by atoms with Crippen molar-refractivity contribution in [3.63, 3.8) is 0 Å². The van der Waals surface area contributed by atoms with Gasteiger partial charge in [0.25, 0.3) is 0 Å². The summed E-state index contributed by atoms with van der Waals surface area (Å²) in [6, 6.07) is 13.1. The van der Waals surface area contributed by atoms with E-state index in [0.29, 0.717) is 0 Å². The molecular weight excluding hydrogens is 258 g/mol. The smallest absolute Gasteiger partial charge is 0.0472 e. The zero-order valence-corrected chi connectivity index (χ0v) is 11.0. The highest BCUT2D eigenvalue weighted by molar-refractivity contribution is 6.44. The highest BCUT2D eigenvalue weighted by Gasteiger charge is 2.23. The Morgan fingerprint density at radius 2 is 0.524 bits per heavy atom. The summed E-state index contributed by atoms with van der Waals surface area (Å²) in [7, 11) is 0. The fourth-order valence-electron chi connectivity index (χ4n) is 4.43. The van der Waals surface area contributed by atoms with E-state index in [9.17, 15) is 0 Å². The summed E-state index contributed by atoms with van der Waals surface area (Å²) in [4.78, 5) is 10.7. The lowest BCUT2D eigenvalue weighted by molar-refractivity contribution is 1.54. The van der Waals surface area contributed by atoms with Crippen LogP contribution in [0.2, 0.25) is 0 Å². The lowest BCUT2D eigenvalue weighted by Gasteiger charge is -2.05. The molecular formula is C18H9N3. The number of benzene rings is 4. The molecule has 0 unspecified atom stereocenters. The zero-order chi connectivity index (χ0) is 13.3. The molecule has 0 atom stereocenters. The molecule has 0 aliphatic heterocycles. The predicted molar refractivity (Wildman–Crippen MR) is 88.1 cm³/mol. The Balaban J connectivity index is 2.18. The van der Waals surface area contributed by atoms with Gasteiger partial charge in [-0.05, 0) is 36.4 Å². The topological polar surface area (TPSA) is 47.4 Å². The summed E-state index contributed by atoms with van der Waals surface area (Å²) in [5.74, 6) is 0. The van der Waals surface area contributed by atoms with Crippen LogP contribution < -0.4 is 0 Å². The first-order chi connectivity index (χ1) is 10.4. The second kappa shape index (κ2) is 2.49. The average molecular weight is 267 g/mol. The molecule has 0 bridgehead atoms. The van der Waals surface area contributed by atoms with E-state index in [1.807, 2.05) is 0 Å². The molecule has 96 valence electrons. The number of hydrogen-bond donors (Lipinski definition) is 3. The van der Waals surface area contributed by atoms with E-state index in [2.05, 4.69) is 51.4 Å². The number of nitrogens with one attached hydrogen (secondary N) is 3. The first-order valence-electron chi connectivity index (χ1n) is 7.23. The Kier molecular flexibility index (Phi) is 1.08. The van der Waals surface area contributed by atoms with Crippen LogP contribution in [0.25, 0.3) is 65.4 Å². The zero-order valence-electron chi connectivity index (χ0n) is 11.0. The average Bonchev–Trinajstić information content (AvgIpc) is 3.14. The molecule has 0 amide bonds. The van der Waals surface area contributed by atoms with Gasteiger partial charge >= 0.3 is 0 Å². The fraction of sp³-hybridized carbons (Fsp3) is 0. The minimum Gasteiger partial charge on any atom is -0.354 e. The summed E-state index contributed by atoms with van der Waals surface area (Å²) in [6.45, 7) is 0. The molecule has 0 aliphatic carbocycles. The Bertz CT molecular complexity index is 1120. The van der Waals surface area contributed by atoms with Crippen LogP contribution in [0.1, 0.15) is 0 Å². The van der Waals surface area contributed by atoms with Crippen molar-refractivity contribution < 1.29 is 0 Å². The lowest BCUT2D eigenvalue weighted by atomic mass is 9.95. The van der Waals surface area contributed by atoms with Crippen molar-refractivity contribution in [1.29, 1.82) is 0 Å². The van der Waals surface area contributed by atoms with Crippen LogP contribution in [0, 0.1) is 0 Å². The molecule has 0 radical (unpaired) electrons. The van der Waals surface area contributed by atoms with Gasteiger partial charge in [0.05, 0.1) is 0 Å². The van der Waals surface area contributed by atoms with Gasteiger partial charge in [-0.2, -0.15) is 0 Å². The standard InChI is InChI=1S/C18H9N3/c1-2-8-14-13-7(1)19-9-3-4-11-17(15(9)13)18-12(21-11)6-5-10(20-8)16(14)18/h1-6,19-21H. The molecule has 0 aliphatic rings. The molecule has 3 heterocycles. The van der Waals surface area contributed by atoms with E-state index in [1.165, 1.54) is 65.4 Å². The summed E-state index contributed by atoms with van der Waals surface area (Å²) in [5.41, 5.74) is 7.39. The summed E-state index contributed by atoms with van der Waals surface area (Å²) in [6.07, 6.45) is 0. The minimum absolute atomic E-state index is 1.23. The van der Waals surface area contributed by atoms with Crippen LogP contribution in [0.5, 0.6) is 0 Å². The Hall–Kier alpha value is -2.94. The molecule has 3 nitrogen and oxygen atoms in total. The highest BCUT2D eigenvalue weighted by atomic mass is 14.8. The lowest BCUT2D eigenvalue weighted by Crippen LogP contribution is -1.78. The molecule has 7 aromatic rings. The molecule has 0 fully saturated rings. The second-order valence-electron chi connectivity index (χ2n) is 6.11. The van der Waals surface area contributed by atoms with Gasteiger partial charge in [0.2, 0.25) is 0 Å². The van der Waals surface area contributed by atoms with Gasteiger partial charge < -0.3 is 15.0 Å². The fourth-order valence-corrected chi connectivity index (χ4v) is 4.43. The molecule has 0 saturated heterocycles. The number of aromatic amines is 3. The van der Waals surface area contributed by atoms with Crippen molar-refractivity contribution in [2.75, 3.05) is 0 Å². The third kappa shape index (κ3) is 0.745. The van der Waals surface area contributed by atoms with Crippen molar-refractivity contribution in [3.05, 3.63) is 36.4 Å². The summed E-state index contributed by atoms with van der Waals surface area (Å²) < 4.78 is 0. The van der Waals surface area contributed by atoms with Gasteiger partial charge in [-0.25, -0.2) is 0 Å². The largest absolute Gasteiger partial charge is 0.354 e. The third-order valence-electron chi connectivity index (χ3n) is 5.17. The van der Waals surface area contributed by atoms with Crippen LogP contribution in [0.15, 0.2) is 36.4 Å². The number of hydrogen-bond acceptors (Lipinski definition) is 0. The minimum atomic E-state index is 1.23. The molecule has 21 heavy (non-hydrogen) atoms. The number of H-pyrrole nitrogens is 3. The van der Waals surface area contributed by atoms with Crippen molar-refractivity contribution >= 4 is 65.4 Å². The van der Waals surface area contributed by atoms with Crippen LogP contribution in [-0.4, -0.2) is 15.0 Å². The van der Waals surface area contributed by atoms with Gasteiger partial charge in [0, 0.05) is 65.4 Å². The molecule has 4 aromatic carbocycles. The normalized spacial score (nSPS) is 13.7. The van der Waals surface area contributed by atoms with Crippen LogP contribution >= 0.6 is 0 Å². The molecule has 3 N–H and O–H groups in total. The van der Waals surface area contributed by atoms with Gasteiger partial charge in [0.15, 0.2) is 0 Å². The van der Waals surface area contributed by atoms with E-state index in [-0.39, 0.29) is 0 Å². The maximum atomic E-state index is 3.58. The SMILES string of the molecule is c1cc2[nH]c3ccc4[nH]c5ccc6[nH]c1c1c2c3c4c5c61. The van der Waals surface area contributed by atoms with Crippen LogP contribution in [-0.2, 0) is 0 Å². The predicted octanol–water partition coefficient (Wildman–Crippen LogP) is 4.90. The van der Waals surface area contributed by atoms with Gasteiger partial charge in [-0.15, -0.1) is 0 Å². The monoisotopic (exact) mass is 267 g/mol. The maximum absolute atomic E-state index is 3.58. The van der Waals surface area contributed by atoms with Crippen molar-refractivity contribution in [2.24, 2.45) is 0 Å². The first-order valence-corrected chi connectivity index (χ1v) is 7.23. The van der Waals surface area contributed by atoms with E-state index in [0.717, 1.165) is 0 Å². The van der Waals surface area contributed by atoms with Gasteiger partial charge in [-0.1, -0.05) is 0 Å². The van der Waals surface area contributed by atoms with E-state index < -0.39 is 0 Å². The number of aromatic nitrogens is 3. The van der Waals surface area contributed by atoms with Gasteiger partial charge in [-0.3, -0.25) is 0 Å². The second-order valence-corrected chi connectivity index (χ2v) is 6.11. The van der Waals surface area contributed by atoms with Gasteiger partial charge in [0.1, 0.15) is 0 Å². The maximum Gasteiger partial charge on any atom is 0.0472 e. The van der Waals surface area contributed by atoms with Crippen molar-refractivity contribution in [2.45, 2.75) is 0 Å². The summed E-state index contributed by atoms with van der Waals surface area (Å²) in [5, 5.41) is 8.24. The van der Waals surface area contributed by atoms with E-state index in [4.69, 9.17) is 0 Å². The number of rotatable bonds is 0. The van der Waals surface area contributed by atoms with Crippen molar-refractivity contribution in [1.82, 2.24) is 15.0 Å². The molecule has 0 saturated carbocycles. The highest BCUT2D eigenvalue weighted by Crippen LogP contribution is 2.48. The molecule has 3 aromatic heterocycles. The third-order valence-corrected chi connectivity index (χ3v) is 5.17. The molecule has 7 rings (SSSR count). The van der Waals surface area contributed by atoms with Crippen LogP contribution in [0.3, 0.4) is 0 Å².